The second kappa shape index (κ2) is 43.5. The van der Waals surface area contributed by atoms with E-state index in [1.165, 1.54) is 17.3 Å². The maximum atomic E-state index is 9.01. The van der Waals surface area contributed by atoms with Gasteiger partial charge in [0.25, 0.3) is 0 Å². The van der Waals surface area contributed by atoms with Gasteiger partial charge in [-0.3, -0.25) is 14.4 Å². The Morgan fingerprint density at radius 3 is 1.17 bits per heavy atom. The fourth-order valence-corrected chi connectivity index (χ4v) is 0.983. The summed E-state index contributed by atoms with van der Waals surface area (Å²) in [6.07, 6.45) is 4.24. The molecule has 8 heteroatoms. The number of aldehydes is 3. The fourth-order valence-electron chi connectivity index (χ4n) is 0.269. The van der Waals surface area contributed by atoms with Crippen molar-refractivity contribution in [3.63, 3.8) is 0 Å². The zero-order valence-corrected chi connectivity index (χ0v) is 15.1. The van der Waals surface area contributed by atoms with Crippen molar-refractivity contribution in [2.24, 2.45) is 5.73 Å². The molecule has 0 saturated carbocycles. The Morgan fingerprint density at radius 2 is 1.11 bits per heavy atom. The largest absolute Gasteiger partial charge is 0.298 e. The molecule has 0 rings (SSSR count). The zero-order valence-electron chi connectivity index (χ0n) is 9.82. The van der Waals surface area contributed by atoms with Gasteiger partial charge in [-0.1, -0.05) is 36.7 Å². The monoisotopic (exact) mass is 414 g/mol. The number of rotatable bonds is 6. The van der Waals surface area contributed by atoms with Gasteiger partial charge >= 0.3 is 52.1 Å². The molecule has 0 aromatic heterocycles. The van der Waals surface area contributed by atoms with Gasteiger partial charge in [-0.05, 0) is 0 Å². The van der Waals surface area contributed by atoms with Gasteiger partial charge in [-0.15, -0.1) is 0 Å². The second-order valence-corrected chi connectivity index (χ2v) is 4.31. The Kier molecular flexibility index (Phi) is 64.2. The third kappa shape index (κ3) is 99.5. The van der Waals surface area contributed by atoms with Gasteiger partial charge in [0, 0.05) is 16.1 Å². The predicted molar refractivity (Wildman–Crippen MR) is 88.0 cm³/mol. The number of hydrogen-bond acceptors (Lipinski definition) is 7. The molecule has 0 spiro atoms. The van der Waals surface area contributed by atoms with Crippen LogP contribution in [0.5, 0.6) is 0 Å². The summed E-state index contributed by atoms with van der Waals surface area (Å²) in [6, 6.07) is 0. The van der Waals surface area contributed by atoms with Crippen LogP contribution < -0.4 is 5.73 Å². The van der Waals surface area contributed by atoms with E-state index < -0.39 is 0 Å². The van der Waals surface area contributed by atoms with Crippen LogP contribution in [-0.4, -0.2) is 64.0 Å². The van der Waals surface area contributed by atoms with Crippen molar-refractivity contribution in [2.45, 2.75) is 17.3 Å². The predicted octanol–water partition coefficient (Wildman–Crippen LogP) is 0.867. The summed E-state index contributed by atoms with van der Waals surface area (Å²) < 4.78 is 1.36. The maximum Gasteiger partial charge on any atom is 0.153 e. The molecule has 0 unspecified atom stereocenters. The van der Waals surface area contributed by atoms with Crippen LogP contribution >= 0.6 is 36.7 Å². The van der Waals surface area contributed by atoms with Crippen molar-refractivity contribution >= 4 is 94.1 Å². The van der Waals surface area contributed by atoms with Crippen LogP contribution in [0, 0.1) is 0 Å². The van der Waals surface area contributed by atoms with Gasteiger partial charge in [-0.25, -0.2) is 0 Å². The van der Waals surface area contributed by atoms with E-state index in [0.717, 1.165) is 22.6 Å². The minimum atomic E-state index is 0.565. The SMILES string of the molecule is NCCC[CH2][Sn].O=CC=S.O=CC=S.O=CC=S. The summed E-state index contributed by atoms with van der Waals surface area (Å²) in [5, 5.41) is 3.08. The number of thiocarbonyl (C=S) groups is 3. The molecule has 0 aromatic rings. The molecule has 0 aliphatic heterocycles. The Labute approximate surface area is 137 Å². The second-order valence-electron chi connectivity index (χ2n) is 2.06. The number of carbonyl (C=O) groups excluding carboxylic acids is 3. The average molecular weight is 413 g/mol. The van der Waals surface area contributed by atoms with Crippen molar-refractivity contribution in [2.75, 3.05) is 6.54 Å². The van der Waals surface area contributed by atoms with Gasteiger partial charge in [0.1, 0.15) is 0 Å². The molecule has 0 atom stereocenters. The minimum Gasteiger partial charge on any atom is -0.298 e. The first-order valence-corrected chi connectivity index (χ1v) is 8.11. The molecule has 4 nitrogen and oxygen atoms in total. The van der Waals surface area contributed by atoms with Crippen LogP contribution in [0.4, 0.5) is 0 Å². The summed E-state index contributed by atoms with van der Waals surface area (Å²) in [6.45, 7) is 0.869. The molecular weight excluding hydrogens is 397 g/mol. The van der Waals surface area contributed by atoms with Crippen LogP contribution in [0.25, 0.3) is 0 Å². The van der Waals surface area contributed by atoms with E-state index in [-0.39, 0.29) is 0 Å². The summed E-state index contributed by atoms with van der Waals surface area (Å²) in [7, 11) is 0. The number of carbonyl (C=O) groups is 3. The van der Waals surface area contributed by atoms with Crippen LogP contribution in [0.2, 0.25) is 4.44 Å². The molecule has 0 bridgehead atoms. The molecule has 0 saturated heterocycles. The van der Waals surface area contributed by atoms with Gasteiger partial charge in [0.2, 0.25) is 0 Å². The molecule has 0 amide bonds. The molecule has 0 fully saturated rings. The normalized spacial score (nSPS) is 6.33. The fraction of sp³-hybridized carbons (Fsp3) is 0.400. The van der Waals surface area contributed by atoms with Gasteiger partial charge < -0.3 is 0 Å². The first-order chi connectivity index (χ1) is 8.66. The van der Waals surface area contributed by atoms with E-state index in [9.17, 15) is 0 Å². The minimum absolute atomic E-state index is 0.565. The van der Waals surface area contributed by atoms with E-state index in [0.29, 0.717) is 18.9 Å². The number of unbranched alkanes of at least 4 members (excludes halogenated alkanes) is 1. The quantitative estimate of drug-likeness (QED) is 0.300. The summed E-state index contributed by atoms with van der Waals surface area (Å²) in [5.41, 5.74) is 5.22. The first kappa shape index (κ1) is 26.6. The molecular formula is C10H16NO3S3Sn. The van der Waals surface area contributed by atoms with Crippen molar-refractivity contribution in [3.8, 4) is 0 Å². The van der Waals surface area contributed by atoms with E-state index in [1.54, 1.807) is 22.5 Å². The molecule has 2 N–H and O–H groups in total. The molecule has 0 aliphatic rings. The van der Waals surface area contributed by atoms with Crippen molar-refractivity contribution < 1.29 is 14.4 Å². The van der Waals surface area contributed by atoms with Crippen LogP contribution in [0.3, 0.4) is 0 Å². The zero-order chi connectivity index (χ0) is 15.1. The molecule has 0 aliphatic carbocycles. The van der Waals surface area contributed by atoms with E-state index in [2.05, 4.69) is 36.7 Å². The molecule has 0 heterocycles. The Balaban J connectivity index is -0.0000000742. The van der Waals surface area contributed by atoms with Crippen molar-refractivity contribution in [3.05, 3.63) is 0 Å². The maximum absolute atomic E-state index is 9.01. The first-order valence-electron chi connectivity index (χ1n) is 4.68. The van der Waals surface area contributed by atoms with E-state index >= 15 is 0 Å². The van der Waals surface area contributed by atoms with Crippen LogP contribution in [0.15, 0.2) is 0 Å². The topological polar surface area (TPSA) is 77.2 Å². The Bertz CT molecular complexity index is 166. The number of hydrogen-bond donors (Lipinski definition) is 1. The van der Waals surface area contributed by atoms with Crippen LogP contribution in [0.1, 0.15) is 12.8 Å². The molecule has 3 radical (unpaired) electrons. The van der Waals surface area contributed by atoms with Crippen LogP contribution in [-0.2, 0) is 14.4 Å². The smallest absolute Gasteiger partial charge is 0.153 e. The third-order valence-electron chi connectivity index (χ3n) is 0.798. The Hall–Kier alpha value is 0.0387. The van der Waals surface area contributed by atoms with E-state index in [1.807, 2.05) is 0 Å². The molecule has 0 aromatic carbocycles. The average Bonchev–Trinajstić information content (AvgIpc) is 2.45. The number of nitrogens with two attached hydrogens (primary N) is 1. The Morgan fingerprint density at radius 1 is 0.833 bits per heavy atom. The summed E-state index contributed by atoms with van der Waals surface area (Å²) in [5.74, 6) is 0. The molecule has 18 heavy (non-hydrogen) atoms. The summed E-state index contributed by atoms with van der Waals surface area (Å²) in [4.78, 5) is 27.0. The summed E-state index contributed by atoms with van der Waals surface area (Å²) >= 11 is 13.8. The third-order valence-corrected chi connectivity index (χ3v) is 2.14. The van der Waals surface area contributed by atoms with Gasteiger partial charge in [-0.2, -0.15) is 0 Å². The standard InChI is InChI=1S/C4H10N.3C2H2OS.Sn/c1-2-3-4-5;3*3-1-2-4;/h1-5H2;3*1-2H;. The molecule has 101 valence electrons. The van der Waals surface area contributed by atoms with Crippen molar-refractivity contribution in [1.29, 1.82) is 0 Å². The van der Waals surface area contributed by atoms with Gasteiger partial charge in [0.05, 0.1) is 0 Å². The van der Waals surface area contributed by atoms with Crippen molar-refractivity contribution in [1.82, 2.24) is 0 Å². The van der Waals surface area contributed by atoms with E-state index in [4.69, 9.17) is 20.1 Å². The van der Waals surface area contributed by atoms with Gasteiger partial charge in [0.15, 0.2) is 18.9 Å².